The number of fused-ring (bicyclic) bond motifs is 2. The summed E-state index contributed by atoms with van der Waals surface area (Å²) in [7, 11) is -2.17. The Balaban J connectivity index is 1.88. The van der Waals surface area contributed by atoms with Crippen LogP contribution in [0.2, 0.25) is 5.02 Å². The fraction of sp³-hybridized carbons (Fsp3) is 0.200. The minimum Gasteiger partial charge on any atom is -0.505 e. The van der Waals surface area contributed by atoms with Crippen molar-refractivity contribution in [1.82, 2.24) is 9.88 Å². The lowest BCUT2D eigenvalue weighted by Gasteiger charge is -2.22. The van der Waals surface area contributed by atoms with E-state index in [1.165, 1.54) is 13.2 Å². The fourth-order valence-corrected chi connectivity index (χ4v) is 4.26. The molecule has 4 rings (SSSR count). The SMILES string of the molecule is CN(c1c2c(c(O)c3ncccc13)C(=O)N(Cc1ccc(Cl)cc1)C2)S(C)(=O)=O. The topological polar surface area (TPSA) is 90.8 Å². The Hall–Kier alpha value is -2.84. The normalized spacial score (nSPS) is 13.8. The molecular weight excluding hydrogens is 414 g/mol. The summed E-state index contributed by atoms with van der Waals surface area (Å²) in [6.07, 6.45) is 2.58. The molecule has 1 aliphatic rings. The number of rotatable bonds is 4. The average Bonchev–Trinajstić information content (AvgIpc) is 2.99. The van der Waals surface area contributed by atoms with Crippen LogP contribution in [-0.4, -0.2) is 42.6 Å². The summed E-state index contributed by atoms with van der Waals surface area (Å²) < 4.78 is 25.7. The van der Waals surface area contributed by atoms with Crippen LogP contribution in [0.5, 0.6) is 5.75 Å². The van der Waals surface area contributed by atoms with Crippen molar-refractivity contribution in [3.8, 4) is 5.75 Å². The number of carbonyl (C=O) groups is 1. The zero-order chi connectivity index (χ0) is 20.9. The van der Waals surface area contributed by atoms with Crippen LogP contribution >= 0.6 is 11.6 Å². The lowest BCUT2D eigenvalue weighted by Crippen LogP contribution is -2.26. The van der Waals surface area contributed by atoms with Crippen LogP contribution in [0.25, 0.3) is 10.9 Å². The van der Waals surface area contributed by atoms with Gasteiger partial charge in [0.25, 0.3) is 5.91 Å². The maximum Gasteiger partial charge on any atom is 0.258 e. The van der Waals surface area contributed by atoms with Gasteiger partial charge in [0.2, 0.25) is 10.0 Å². The Labute approximate surface area is 173 Å². The summed E-state index contributed by atoms with van der Waals surface area (Å²) in [6.45, 7) is 0.473. The van der Waals surface area contributed by atoms with Crippen molar-refractivity contribution in [2.75, 3.05) is 17.6 Å². The Morgan fingerprint density at radius 1 is 1.24 bits per heavy atom. The van der Waals surface area contributed by atoms with Crippen molar-refractivity contribution in [1.29, 1.82) is 0 Å². The largest absolute Gasteiger partial charge is 0.505 e. The molecule has 1 aliphatic heterocycles. The summed E-state index contributed by atoms with van der Waals surface area (Å²) in [4.78, 5) is 18.8. The average molecular weight is 432 g/mol. The third-order valence-electron chi connectivity index (χ3n) is 5.06. The maximum absolute atomic E-state index is 13.1. The second-order valence-electron chi connectivity index (χ2n) is 6.97. The van der Waals surface area contributed by atoms with E-state index in [1.54, 1.807) is 29.2 Å². The standard InChI is InChI=1S/C20H18ClN3O4S/c1-23(29(2,27)28)18-14-4-3-9-22-17(14)19(25)16-15(18)11-24(20(16)26)10-12-5-7-13(21)8-6-12/h3-9,25H,10-11H2,1-2H3. The Morgan fingerprint density at radius 3 is 2.59 bits per heavy atom. The van der Waals surface area contributed by atoms with E-state index in [0.717, 1.165) is 16.1 Å². The number of aromatic nitrogens is 1. The summed E-state index contributed by atoms with van der Waals surface area (Å²) >= 11 is 5.93. The van der Waals surface area contributed by atoms with Gasteiger partial charge in [-0.1, -0.05) is 23.7 Å². The van der Waals surface area contributed by atoms with Crippen LogP contribution in [-0.2, 0) is 23.1 Å². The number of anilines is 1. The Bertz CT molecular complexity index is 1240. The van der Waals surface area contributed by atoms with Crippen molar-refractivity contribution in [2.45, 2.75) is 13.1 Å². The molecule has 1 aromatic heterocycles. The molecule has 1 N–H and O–H groups in total. The molecule has 7 nitrogen and oxygen atoms in total. The van der Waals surface area contributed by atoms with E-state index in [4.69, 9.17) is 11.6 Å². The van der Waals surface area contributed by atoms with Gasteiger partial charge in [0.05, 0.1) is 17.5 Å². The third-order valence-corrected chi connectivity index (χ3v) is 6.49. The van der Waals surface area contributed by atoms with Crippen LogP contribution < -0.4 is 4.31 Å². The van der Waals surface area contributed by atoms with Gasteiger partial charge < -0.3 is 10.0 Å². The molecule has 0 radical (unpaired) electrons. The molecule has 1 amide bonds. The highest BCUT2D eigenvalue weighted by atomic mass is 35.5. The van der Waals surface area contributed by atoms with Gasteiger partial charge in [-0.3, -0.25) is 14.1 Å². The highest BCUT2D eigenvalue weighted by Gasteiger charge is 2.37. The summed E-state index contributed by atoms with van der Waals surface area (Å²) in [5.41, 5.74) is 1.98. The fourth-order valence-electron chi connectivity index (χ4n) is 3.60. The molecule has 9 heteroatoms. The lowest BCUT2D eigenvalue weighted by molar-refractivity contribution is 0.0764. The summed E-state index contributed by atoms with van der Waals surface area (Å²) in [5.74, 6) is -0.604. The number of hydrogen-bond donors (Lipinski definition) is 1. The summed E-state index contributed by atoms with van der Waals surface area (Å²) in [5, 5.41) is 11.8. The van der Waals surface area contributed by atoms with E-state index >= 15 is 0 Å². The van der Waals surface area contributed by atoms with E-state index in [9.17, 15) is 18.3 Å². The first-order valence-electron chi connectivity index (χ1n) is 8.78. The zero-order valence-electron chi connectivity index (χ0n) is 15.8. The van der Waals surface area contributed by atoms with E-state index in [1.807, 2.05) is 12.1 Å². The number of benzene rings is 2. The molecule has 0 aliphatic carbocycles. The molecule has 2 heterocycles. The van der Waals surface area contributed by atoms with Gasteiger partial charge in [0.15, 0.2) is 5.75 Å². The zero-order valence-corrected chi connectivity index (χ0v) is 17.3. The second-order valence-corrected chi connectivity index (χ2v) is 9.42. The number of pyridine rings is 1. The summed E-state index contributed by atoms with van der Waals surface area (Å²) in [6, 6.07) is 10.5. The van der Waals surface area contributed by atoms with E-state index in [2.05, 4.69) is 4.98 Å². The van der Waals surface area contributed by atoms with Crippen molar-refractivity contribution < 1.29 is 18.3 Å². The minimum absolute atomic E-state index is 0.0932. The number of phenols is 1. The molecule has 0 saturated heterocycles. The molecule has 0 atom stereocenters. The molecule has 150 valence electrons. The van der Waals surface area contributed by atoms with Crippen molar-refractivity contribution in [3.05, 3.63) is 64.3 Å². The van der Waals surface area contributed by atoms with Crippen molar-refractivity contribution in [3.63, 3.8) is 0 Å². The number of carbonyl (C=O) groups excluding carboxylic acids is 1. The van der Waals surface area contributed by atoms with Gasteiger partial charge in [-0.05, 0) is 29.8 Å². The highest BCUT2D eigenvalue weighted by molar-refractivity contribution is 7.92. The number of hydrogen-bond acceptors (Lipinski definition) is 5. The molecule has 2 aromatic carbocycles. The van der Waals surface area contributed by atoms with E-state index in [-0.39, 0.29) is 29.3 Å². The molecule has 0 saturated carbocycles. The molecule has 3 aromatic rings. The molecule has 0 bridgehead atoms. The highest BCUT2D eigenvalue weighted by Crippen LogP contribution is 2.44. The first-order valence-corrected chi connectivity index (χ1v) is 11.0. The second kappa shape index (κ2) is 6.89. The predicted molar refractivity (Wildman–Crippen MR) is 112 cm³/mol. The molecule has 0 fully saturated rings. The van der Waals surface area contributed by atoms with Crippen LogP contribution in [0.4, 0.5) is 5.69 Å². The van der Waals surface area contributed by atoms with E-state index < -0.39 is 10.0 Å². The predicted octanol–water partition coefficient (Wildman–Crippen LogP) is 3.15. The number of sulfonamides is 1. The molecular formula is C20H18ClN3O4S. The van der Waals surface area contributed by atoms with Crippen LogP contribution in [0.3, 0.4) is 0 Å². The van der Waals surface area contributed by atoms with Crippen LogP contribution in [0, 0.1) is 0 Å². The quantitative estimate of drug-likeness (QED) is 0.685. The number of phenolic OH excluding ortho intramolecular Hbond substituents is 1. The van der Waals surface area contributed by atoms with E-state index in [0.29, 0.717) is 28.2 Å². The van der Waals surface area contributed by atoms with Gasteiger partial charge in [-0.25, -0.2) is 8.42 Å². The van der Waals surface area contributed by atoms with Crippen LogP contribution in [0.15, 0.2) is 42.6 Å². The molecule has 0 unspecified atom stereocenters. The number of halogens is 1. The first kappa shape index (κ1) is 19.5. The number of amides is 1. The van der Waals surface area contributed by atoms with Gasteiger partial charge in [-0.15, -0.1) is 0 Å². The van der Waals surface area contributed by atoms with Gasteiger partial charge in [0, 0.05) is 42.3 Å². The molecule has 29 heavy (non-hydrogen) atoms. The first-order chi connectivity index (χ1) is 13.7. The van der Waals surface area contributed by atoms with Crippen LogP contribution in [0.1, 0.15) is 21.5 Å². The van der Waals surface area contributed by atoms with Gasteiger partial charge in [-0.2, -0.15) is 0 Å². The maximum atomic E-state index is 13.1. The monoisotopic (exact) mass is 431 g/mol. The van der Waals surface area contributed by atoms with Crippen molar-refractivity contribution >= 4 is 44.1 Å². The third kappa shape index (κ3) is 3.28. The molecule has 0 spiro atoms. The van der Waals surface area contributed by atoms with Gasteiger partial charge >= 0.3 is 0 Å². The minimum atomic E-state index is -3.60. The smallest absolute Gasteiger partial charge is 0.258 e. The Morgan fingerprint density at radius 2 is 1.93 bits per heavy atom. The van der Waals surface area contributed by atoms with Gasteiger partial charge in [0.1, 0.15) is 5.52 Å². The number of nitrogens with zero attached hydrogens (tertiary/aromatic N) is 3. The number of aromatic hydroxyl groups is 1. The van der Waals surface area contributed by atoms with Crippen molar-refractivity contribution in [2.24, 2.45) is 0 Å². The lowest BCUT2D eigenvalue weighted by atomic mass is 10.0. The Kier molecular flexibility index (Phi) is 4.63.